The Kier molecular flexibility index (Phi) is 4.94. The number of nitrogens with one attached hydrogen (secondary N) is 1. The van der Waals surface area contributed by atoms with Gasteiger partial charge in [0.2, 0.25) is 11.7 Å². The zero-order valence-corrected chi connectivity index (χ0v) is 16.5. The molecule has 0 saturated carbocycles. The van der Waals surface area contributed by atoms with Gasteiger partial charge in [-0.15, -0.1) is 0 Å². The largest absolute Gasteiger partial charge is 0.497 e. The SMILES string of the molecule is COc1cccc(C2=C[C@@H](c3cc(OC)c(OC)c(OC)c3)n3nnnc3N2)c1. The summed E-state index contributed by atoms with van der Waals surface area (Å²) in [6.45, 7) is 0. The summed E-state index contributed by atoms with van der Waals surface area (Å²) in [6.07, 6.45) is 2.04. The smallest absolute Gasteiger partial charge is 0.248 e. The maximum atomic E-state index is 5.50. The second kappa shape index (κ2) is 7.70. The van der Waals surface area contributed by atoms with E-state index < -0.39 is 0 Å². The van der Waals surface area contributed by atoms with Crippen molar-refractivity contribution in [2.75, 3.05) is 33.8 Å². The lowest BCUT2D eigenvalue weighted by atomic mass is 10.0. The van der Waals surface area contributed by atoms with E-state index in [1.807, 2.05) is 42.5 Å². The lowest BCUT2D eigenvalue weighted by Gasteiger charge is -2.25. The van der Waals surface area contributed by atoms with Crippen LogP contribution in [0.3, 0.4) is 0 Å². The first kappa shape index (κ1) is 18.6. The number of tetrazole rings is 1. The molecule has 0 amide bonds. The van der Waals surface area contributed by atoms with Crippen LogP contribution in [0.25, 0.3) is 5.70 Å². The third-order valence-corrected chi connectivity index (χ3v) is 4.74. The number of allylic oxidation sites excluding steroid dienone is 1. The van der Waals surface area contributed by atoms with Crippen molar-refractivity contribution in [1.29, 1.82) is 0 Å². The van der Waals surface area contributed by atoms with Gasteiger partial charge in [0.25, 0.3) is 0 Å². The minimum atomic E-state index is -0.281. The van der Waals surface area contributed by atoms with Crippen LogP contribution >= 0.6 is 0 Å². The van der Waals surface area contributed by atoms with Gasteiger partial charge in [0, 0.05) is 11.3 Å². The van der Waals surface area contributed by atoms with Crippen molar-refractivity contribution in [2.45, 2.75) is 6.04 Å². The standard InChI is InChI=1S/C20H21N5O4/c1-26-14-7-5-6-12(8-14)15-11-16(25-20(21-15)22-23-24-25)13-9-17(27-2)19(29-4)18(10-13)28-3/h5-11,16H,1-4H3,(H,21,22,24)/t16-/m0/s1. The van der Waals surface area contributed by atoms with Gasteiger partial charge in [-0.2, -0.15) is 4.68 Å². The number of nitrogens with zero attached hydrogens (tertiary/aromatic N) is 4. The molecule has 9 nitrogen and oxygen atoms in total. The molecule has 4 rings (SSSR count). The molecule has 0 unspecified atom stereocenters. The molecule has 0 radical (unpaired) electrons. The molecule has 2 heterocycles. The van der Waals surface area contributed by atoms with Gasteiger partial charge >= 0.3 is 0 Å². The highest BCUT2D eigenvalue weighted by Crippen LogP contribution is 2.42. The molecule has 0 saturated heterocycles. The highest BCUT2D eigenvalue weighted by Gasteiger charge is 2.27. The summed E-state index contributed by atoms with van der Waals surface area (Å²) in [6, 6.07) is 11.3. The van der Waals surface area contributed by atoms with Crippen LogP contribution in [0.2, 0.25) is 0 Å². The van der Waals surface area contributed by atoms with E-state index in [1.54, 1.807) is 33.1 Å². The minimum Gasteiger partial charge on any atom is -0.497 e. The molecular weight excluding hydrogens is 374 g/mol. The first-order valence-electron chi connectivity index (χ1n) is 8.89. The number of hydrogen-bond donors (Lipinski definition) is 1. The van der Waals surface area contributed by atoms with E-state index in [0.717, 1.165) is 22.6 Å². The molecule has 9 heteroatoms. The van der Waals surface area contributed by atoms with Crippen molar-refractivity contribution in [3.05, 3.63) is 53.6 Å². The predicted molar refractivity (Wildman–Crippen MR) is 107 cm³/mol. The summed E-state index contributed by atoms with van der Waals surface area (Å²) in [5.41, 5.74) is 2.70. The fourth-order valence-electron chi connectivity index (χ4n) is 3.32. The zero-order valence-electron chi connectivity index (χ0n) is 16.5. The van der Waals surface area contributed by atoms with E-state index in [-0.39, 0.29) is 6.04 Å². The molecule has 0 aliphatic carbocycles. The predicted octanol–water partition coefficient (Wildman–Crippen LogP) is 2.76. The summed E-state index contributed by atoms with van der Waals surface area (Å²) in [4.78, 5) is 0. The summed E-state index contributed by atoms with van der Waals surface area (Å²) >= 11 is 0. The normalized spacial score (nSPS) is 15.0. The molecular formula is C20H21N5O4. The Labute approximate surface area is 167 Å². The fraction of sp³-hybridized carbons (Fsp3) is 0.250. The van der Waals surface area contributed by atoms with Crippen molar-refractivity contribution in [2.24, 2.45) is 0 Å². The Hall–Kier alpha value is -3.75. The number of benzene rings is 2. The number of anilines is 1. The molecule has 1 aliphatic rings. The highest BCUT2D eigenvalue weighted by atomic mass is 16.5. The van der Waals surface area contributed by atoms with Crippen LogP contribution in [-0.4, -0.2) is 48.6 Å². The third-order valence-electron chi connectivity index (χ3n) is 4.74. The van der Waals surface area contributed by atoms with Crippen LogP contribution in [0.15, 0.2) is 42.5 Å². The molecule has 1 aromatic heterocycles. The lowest BCUT2D eigenvalue weighted by molar-refractivity contribution is 0.323. The van der Waals surface area contributed by atoms with Crippen LogP contribution in [0.1, 0.15) is 17.2 Å². The van der Waals surface area contributed by atoms with Crippen molar-refractivity contribution in [3.63, 3.8) is 0 Å². The first-order valence-corrected chi connectivity index (χ1v) is 8.89. The summed E-state index contributed by atoms with van der Waals surface area (Å²) in [5, 5.41) is 15.3. The van der Waals surface area contributed by atoms with Crippen LogP contribution in [0, 0.1) is 0 Å². The molecule has 0 fully saturated rings. The number of fused-ring (bicyclic) bond motifs is 1. The second-order valence-electron chi connectivity index (χ2n) is 6.29. The van der Waals surface area contributed by atoms with Gasteiger partial charge in [0.05, 0.1) is 28.4 Å². The van der Waals surface area contributed by atoms with E-state index in [0.29, 0.717) is 23.2 Å². The van der Waals surface area contributed by atoms with Crippen LogP contribution in [-0.2, 0) is 0 Å². The Bertz CT molecular complexity index is 1040. The van der Waals surface area contributed by atoms with Crippen LogP contribution < -0.4 is 24.3 Å². The van der Waals surface area contributed by atoms with Gasteiger partial charge < -0.3 is 24.3 Å². The molecule has 2 aromatic carbocycles. The third kappa shape index (κ3) is 3.31. The topological polar surface area (TPSA) is 92.5 Å². The van der Waals surface area contributed by atoms with Crippen LogP contribution in [0.4, 0.5) is 5.95 Å². The second-order valence-corrected chi connectivity index (χ2v) is 6.29. The van der Waals surface area contributed by atoms with E-state index in [9.17, 15) is 0 Å². The molecule has 150 valence electrons. The van der Waals surface area contributed by atoms with Crippen molar-refractivity contribution >= 4 is 11.6 Å². The molecule has 1 aliphatic heterocycles. The Balaban J connectivity index is 1.84. The van der Waals surface area contributed by atoms with E-state index in [4.69, 9.17) is 18.9 Å². The Morgan fingerprint density at radius 2 is 1.69 bits per heavy atom. The van der Waals surface area contributed by atoms with Gasteiger partial charge in [-0.3, -0.25) is 0 Å². The van der Waals surface area contributed by atoms with Gasteiger partial charge in [0.1, 0.15) is 11.8 Å². The van der Waals surface area contributed by atoms with E-state index >= 15 is 0 Å². The summed E-state index contributed by atoms with van der Waals surface area (Å²) in [7, 11) is 6.39. The highest BCUT2D eigenvalue weighted by molar-refractivity contribution is 5.77. The van der Waals surface area contributed by atoms with Gasteiger partial charge in [-0.25, -0.2) is 0 Å². The molecule has 3 aromatic rings. The van der Waals surface area contributed by atoms with Crippen molar-refractivity contribution < 1.29 is 18.9 Å². The van der Waals surface area contributed by atoms with Gasteiger partial charge in [0.15, 0.2) is 11.5 Å². The lowest BCUT2D eigenvalue weighted by Crippen LogP contribution is -2.20. The molecule has 0 bridgehead atoms. The number of methoxy groups -OCH3 is 4. The van der Waals surface area contributed by atoms with Gasteiger partial charge in [-0.1, -0.05) is 17.2 Å². The maximum absolute atomic E-state index is 5.50. The summed E-state index contributed by atoms with van der Waals surface area (Å²) in [5.74, 6) is 2.95. The minimum absolute atomic E-state index is 0.281. The molecule has 1 atom stereocenters. The molecule has 0 spiro atoms. The fourth-order valence-corrected chi connectivity index (χ4v) is 3.32. The van der Waals surface area contributed by atoms with Crippen molar-refractivity contribution in [3.8, 4) is 23.0 Å². The number of ether oxygens (including phenoxy) is 4. The van der Waals surface area contributed by atoms with E-state index in [1.165, 1.54) is 0 Å². The Morgan fingerprint density at radius 1 is 0.931 bits per heavy atom. The van der Waals surface area contributed by atoms with E-state index in [2.05, 4.69) is 20.8 Å². The first-order chi connectivity index (χ1) is 14.2. The summed E-state index contributed by atoms with van der Waals surface area (Å²) < 4.78 is 23.5. The number of hydrogen-bond acceptors (Lipinski definition) is 8. The zero-order chi connectivity index (χ0) is 20.4. The van der Waals surface area contributed by atoms with Crippen LogP contribution in [0.5, 0.6) is 23.0 Å². The van der Waals surface area contributed by atoms with Crippen molar-refractivity contribution in [1.82, 2.24) is 20.2 Å². The average molecular weight is 395 g/mol. The molecule has 29 heavy (non-hydrogen) atoms. The Morgan fingerprint density at radius 3 is 2.34 bits per heavy atom. The number of aromatic nitrogens is 4. The maximum Gasteiger partial charge on any atom is 0.248 e. The monoisotopic (exact) mass is 395 g/mol. The number of rotatable bonds is 6. The quantitative estimate of drug-likeness (QED) is 0.681. The molecule has 1 N–H and O–H groups in total. The average Bonchev–Trinajstić information content (AvgIpc) is 3.26. The van der Waals surface area contributed by atoms with Gasteiger partial charge in [-0.05, 0) is 46.3 Å².